The molecule has 1 N–H and O–H groups in total. The molecule has 1 aliphatic carbocycles. The van der Waals surface area contributed by atoms with Crippen molar-refractivity contribution in [1.29, 1.82) is 0 Å². The number of hydrogen-bond acceptors (Lipinski definition) is 7. The molecule has 2 amide bonds. The van der Waals surface area contributed by atoms with E-state index in [-0.39, 0.29) is 24.2 Å². The molecule has 0 bridgehead atoms. The van der Waals surface area contributed by atoms with Gasteiger partial charge in [0.1, 0.15) is 22.8 Å². The van der Waals surface area contributed by atoms with E-state index in [9.17, 15) is 14.7 Å². The molecule has 9 heteroatoms. The highest BCUT2D eigenvalue weighted by atomic mass is 16.6. The molecule has 1 heterocycles. The lowest BCUT2D eigenvalue weighted by molar-refractivity contribution is -0.128. The maximum Gasteiger partial charge on any atom is 0.410 e. The molecule has 0 aromatic heterocycles. The highest BCUT2D eigenvalue weighted by Gasteiger charge is 2.38. The molecule has 5 rings (SSSR count). The van der Waals surface area contributed by atoms with Crippen molar-refractivity contribution in [2.45, 2.75) is 64.6 Å². The molecular formula is C38H46N2O7. The summed E-state index contributed by atoms with van der Waals surface area (Å²) in [5, 5.41) is 10.5. The maximum absolute atomic E-state index is 14.7. The van der Waals surface area contributed by atoms with E-state index < -0.39 is 11.7 Å². The zero-order chi connectivity index (χ0) is 33.6. The number of carbonyl (C=O) groups is 2. The quantitative estimate of drug-likeness (QED) is 0.211. The van der Waals surface area contributed by atoms with E-state index in [1.807, 2.05) is 80.3 Å². The van der Waals surface area contributed by atoms with Crippen LogP contribution in [-0.2, 0) is 20.8 Å². The Morgan fingerprint density at radius 1 is 0.936 bits per heavy atom. The van der Waals surface area contributed by atoms with Crippen molar-refractivity contribution < 1.29 is 33.6 Å². The van der Waals surface area contributed by atoms with Crippen LogP contribution in [0.5, 0.6) is 17.2 Å². The van der Waals surface area contributed by atoms with Gasteiger partial charge >= 0.3 is 6.09 Å². The molecule has 1 saturated carbocycles. The number of methoxy groups -OCH3 is 2. The molecule has 1 fully saturated rings. The normalized spacial score (nSPS) is 15.0. The van der Waals surface area contributed by atoms with E-state index in [1.165, 1.54) is 0 Å². The number of phenols is 1. The summed E-state index contributed by atoms with van der Waals surface area (Å²) in [6.45, 7) is 7.55. The second-order valence-electron chi connectivity index (χ2n) is 13.1. The fourth-order valence-corrected chi connectivity index (χ4v) is 5.79. The van der Waals surface area contributed by atoms with Crippen LogP contribution in [-0.4, -0.2) is 79.1 Å². The lowest BCUT2D eigenvalue weighted by Crippen LogP contribution is -2.44. The summed E-state index contributed by atoms with van der Waals surface area (Å²) >= 11 is 0. The highest BCUT2D eigenvalue weighted by Crippen LogP contribution is 2.37. The number of amides is 2. The molecule has 2 aliphatic rings. The molecule has 0 unspecified atom stereocenters. The van der Waals surface area contributed by atoms with Crippen molar-refractivity contribution in [2.75, 3.05) is 40.5 Å². The lowest BCUT2D eigenvalue weighted by Gasteiger charge is -2.34. The van der Waals surface area contributed by atoms with Crippen LogP contribution in [0.25, 0.3) is 16.7 Å². The van der Waals surface area contributed by atoms with Crippen LogP contribution in [0.2, 0.25) is 0 Å². The van der Waals surface area contributed by atoms with Crippen LogP contribution < -0.4 is 9.47 Å². The van der Waals surface area contributed by atoms with Gasteiger partial charge in [-0.15, -0.1) is 0 Å². The van der Waals surface area contributed by atoms with Crippen molar-refractivity contribution >= 4 is 17.6 Å². The van der Waals surface area contributed by atoms with Gasteiger partial charge in [0, 0.05) is 56.5 Å². The summed E-state index contributed by atoms with van der Waals surface area (Å²) in [4.78, 5) is 31.5. The second kappa shape index (κ2) is 14.9. The van der Waals surface area contributed by atoms with E-state index in [4.69, 9.17) is 18.9 Å². The van der Waals surface area contributed by atoms with Crippen LogP contribution in [0.3, 0.4) is 0 Å². The number of carbonyl (C=O) groups excluding carboxylic acids is 2. The Hall–Kier alpha value is -4.50. The Bertz CT molecular complexity index is 1610. The number of phenolic OH excluding ortho intramolecular Hbond substituents is 1. The molecule has 1 aliphatic heterocycles. The Morgan fingerprint density at radius 3 is 2.38 bits per heavy atom. The third-order valence-corrected chi connectivity index (χ3v) is 8.22. The average molecular weight is 643 g/mol. The number of para-hydroxylation sites is 1. The third-order valence-electron chi connectivity index (χ3n) is 8.22. The molecule has 250 valence electrons. The molecule has 3 aromatic rings. The Balaban J connectivity index is 1.50. The summed E-state index contributed by atoms with van der Waals surface area (Å²) in [7, 11) is 3.28. The molecule has 0 atom stereocenters. The predicted molar refractivity (Wildman–Crippen MR) is 181 cm³/mol. The van der Waals surface area contributed by atoms with E-state index in [0.717, 1.165) is 41.5 Å². The van der Waals surface area contributed by atoms with Gasteiger partial charge in [0.05, 0.1) is 20.3 Å². The van der Waals surface area contributed by atoms with Crippen molar-refractivity contribution in [3.05, 3.63) is 83.4 Å². The summed E-state index contributed by atoms with van der Waals surface area (Å²) < 4.78 is 22.4. The van der Waals surface area contributed by atoms with Crippen LogP contribution in [0.4, 0.5) is 4.79 Å². The first-order chi connectivity index (χ1) is 22.6. The number of rotatable bonds is 12. The minimum Gasteiger partial charge on any atom is -0.507 e. The van der Waals surface area contributed by atoms with Gasteiger partial charge in [-0.3, -0.25) is 4.79 Å². The average Bonchev–Trinajstić information content (AvgIpc) is 3.90. The van der Waals surface area contributed by atoms with Crippen molar-refractivity contribution in [2.24, 2.45) is 0 Å². The third kappa shape index (κ3) is 8.86. The number of ether oxygens (including phenoxy) is 4. The summed E-state index contributed by atoms with van der Waals surface area (Å²) in [5.41, 5.74) is 4.16. The Morgan fingerprint density at radius 2 is 1.68 bits per heavy atom. The molecule has 3 aromatic carbocycles. The molecular weight excluding hydrogens is 596 g/mol. The SMILES string of the molecule is COCCCOc1cc(CN(C(=O)C2=C(c3cccc(-c4ccccc4O)c3)CCN(C(=O)OC(C)(C)C)C2)C2CC2)cc(OC)c1. The fraction of sp³-hybridized carbons (Fsp3) is 0.421. The van der Waals surface area contributed by atoms with Gasteiger partial charge in [-0.1, -0.05) is 36.4 Å². The molecule has 9 nitrogen and oxygen atoms in total. The van der Waals surface area contributed by atoms with E-state index in [0.29, 0.717) is 55.4 Å². The standard InChI is InChI=1S/C38H46N2O7/c1-38(2,3)47-37(43)39-17-16-32(27-10-8-11-28(22-27)33-12-6-7-13-35(33)41)34(25-39)36(42)40(29-14-15-29)24-26-20-30(45-5)23-31(21-26)46-19-9-18-44-4/h6-8,10-13,20-23,29,41H,9,14-19,24-25H2,1-5H3. The van der Waals surface area contributed by atoms with Gasteiger partial charge in [-0.05, 0) is 86.6 Å². The first-order valence-corrected chi connectivity index (χ1v) is 16.3. The minimum atomic E-state index is -0.660. The summed E-state index contributed by atoms with van der Waals surface area (Å²) in [5.74, 6) is 1.42. The second-order valence-corrected chi connectivity index (χ2v) is 13.1. The van der Waals surface area contributed by atoms with E-state index in [2.05, 4.69) is 0 Å². The Labute approximate surface area is 277 Å². The van der Waals surface area contributed by atoms with Crippen LogP contribution in [0, 0.1) is 0 Å². The zero-order valence-corrected chi connectivity index (χ0v) is 28.1. The van der Waals surface area contributed by atoms with Gasteiger partial charge in [-0.2, -0.15) is 0 Å². The molecule has 0 spiro atoms. The first-order valence-electron chi connectivity index (χ1n) is 16.3. The lowest BCUT2D eigenvalue weighted by atomic mass is 9.90. The van der Waals surface area contributed by atoms with E-state index >= 15 is 0 Å². The first kappa shape index (κ1) is 33.9. The Kier molecular flexibility index (Phi) is 10.8. The number of benzene rings is 3. The predicted octanol–water partition coefficient (Wildman–Crippen LogP) is 7.07. The minimum absolute atomic E-state index is 0.0954. The van der Waals surface area contributed by atoms with Crippen molar-refractivity contribution in [3.8, 4) is 28.4 Å². The van der Waals surface area contributed by atoms with Crippen LogP contribution >= 0.6 is 0 Å². The number of aromatic hydroxyl groups is 1. The van der Waals surface area contributed by atoms with Gasteiger partial charge in [0.25, 0.3) is 5.91 Å². The number of nitrogens with zero attached hydrogens (tertiary/aromatic N) is 2. The monoisotopic (exact) mass is 642 g/mol. The molecule has 0 radical (unpaired) electrons. The van der Waals surface area contributed by atoms with Crippen molar-refractivity contribution in [1.82, 2.24) is 9.80 Å². The van der Waals surface area contributed by atoms with Gasteiger partial charge in [0.15, 0.2) is 0 Å². The number of hydrogen-bond donors (Lipinski definition) is 1. The van der Waals surface area contributed by atoms with Crippen molar-refractivity contribution in [3.63, 3.8) is 0 Å². The fourth-order valence-electron chi connectivity index (χ4n) is 5.79. The largest absolute Gasteiger partial charge is 0.507 e. The molecule has 0 saturated heterocycles. The molecule has 47 heavy (non-hydrogen) atoms. The van der Waals surface area contributed by atoms with Gasteiger partial charge in [0.2, 0.25) is 0 Å². The highest BCUT2D eigenvalue weighted by molar-refractivity contribution is 6.03. The summed E-state index contributed by atoms with van der Waals surface area (Å²) in [6, 6.07) is 20.9. The van der Waals surface area contributed by atoms with Gasteiger partial charge in [-0.25, -0.2) is 4.79 Å². The van der Waals surface area contributed by atoms with Crippen LogP contribution in [0.1, 0.15) is 57.6 Å². The summed E-state index contributed by atoms with van der Waals surface area (Å²) in [6.07, 6.45) is 2.63. The smallest absolute Gasteiger partial charge is 0.410 e. The van der Waals surface area contributed by atoms with E-state index in [1.54, 1.807) is 31.3 Å². The maximum atomic E-state index is 14.7. The zero-order valence-electron chi connectivity index (χ0n) is 28.1. The van der Waals surface area contributed by atoms with Crippen LogP contribution in [0.15, 0.2) is 72.3 Å². The topological polar surface area (TPSA) is 97.8 Å². The van der Waals surface area contributed by atoms with Gasteiger partial charge < -0.3 is 33.9 Å².